The van der Waals surface area contributed by atoms with Crippen molar-refractivity contribution < 1.29 is 13.6 Å². The second-order valence-electron chi connectivity index (χ2n) is 2.78. The zero-order valence-electron chi connectivity index (χ0n) is 9.02. The number of aromatic nitrogens is 1. The molecule has 0 aliphatic heterocycles. The lowest BCUT2D eigenvalue weighted by atomic mass is 10.6. The standard InChI is InChI=1S/C8H15N2O3PS/c1-4-12-14(11,13-5-2)7-6(3)10-8(9)15-7/h4-5H2,1-3H3,(H2,9,10). The van der Waals surface area contributed by atoms with Gasteiger partial charge in [-0.05, 0) is 20.8 Å². The van der Waals surface area contributed by atoms with E-state index in [-0.39, 0.29) is 0 Å². The lowest BCUT2D eigenvalue weighted by Gasteiger charge is -2.15. The minimum Gasteiger partial charge on any atom is -0.375 e. The first-order valence-electron chi connectivity index (χ1n) is 4.66. The molecule has 15 heavy (non-hydrogen) atoms. The van der Waals surface area contributed by atoms with Crippen molar-refractivity contribution in [1.29, 1.82) is 0 Å². The summed E-state index contributed by atoms with van der Waals surface area (Å²) in [5.74, 6) is 0. The van der Waals surface area contributed by atoms with Gasteiger partial charge in [0.05, 0.1) is 18.9 Å². The van der Waals surface area contributed by atoms with Gasteiger partial charge in [-0.2, -0.15) is 0 Å². The van der Waals surface area contributed by atoms with Gasteiger partial charge in [-0.1, -0.05) is 11.3 Å². The summed E-state index contributed by atoms with van der Waals surface area (Å²) in [5, 5.41) is 0.377. The second-order valence-corrected chi connectivity index (χ2v) is 6.07. The predicted molar refractivity (Wildman–Crippen MR) is 61.8 cm³/mol. The second kappa shape index (κ2) is 5.07. The van der Waals surface area contributed by atoms with E-state index < -0.39 is 7.60 Å². The van der Waals surface area contributed by atoms with Crippen LogP contribution in [0.1, 0.15) is 19.5 Å². The van der Waals surface area contributed by atoms with E-state index in [2.05, 4.69) is 4.98 Å². The molecule has 0 spiro atoms. The van der Waals surface area contributed by atoms with E-state index in [9.17, 15) is 4.57 Å². The van der Waals surface area contributed by atoms with Crippen LogP contribution in [0.5, 0.6) is 0 Å². The fraction of sp³-hybridized carbons (Fsp3) is 0.625. The quantitative estimate of drug-likeness (QED) is 0.808. The summed E-state index contributed by atoms with van der Waals surface area (Å²) in [4.78, 5) is 4.01. The lowest BCUT2D eigenvalue weighted by molar-refractivity contribution is 0.230. The Kier molecular flexibility index (Phi) is 4.28. The highest BCUT2D eigenvalue weighted by Crippen LogP contribution is 2.49. The van der Waals surface area contributed by atoms with Crippen LogP contribution in [0.3, 0.4) is 0 Å². The summed E-state index contributed by atoms with van der Waals surface area (Å²) in [6.07, 6.45) is 0. The monoisotopic (exact) mass is 250 g/mol. The van der Waals surface area contributed by atoms with Crippen LogP contribution in [0.4, 0.5) is 5.13 Å². The van der Waals surface area contributed by atoms with Gasteiger partial charge in [-0.3, -0.25) is 4.57 Å². The van der Waals surface area contributed by atoms with Crippen LogP contribution in [0, 0.1) is 6.92 Å². The highest BCUT2D eigenvalue weighted by Gasteiger charge is 2.31. The Morgan fingerprint density at radius 1 is 1.40 bits per heavy atom. The van der Waals surface area contributed by atoms with Crippen LogP contribution >= 0.6 is 18.9 Å². The normalized spacial score (nSPS) is 11.9. The van der Waals surface area contributed by atoms with Gasteiger partial charge in [0, 0.05) is 0 Å². The molecule has 0 saturated carbocycles. The average Bonchev–Trinajstić information content (AvgIpc) is 2.46. The highest BCUT2D eigenvalue weighted by atomic mass is 32.1. The zero-order valence-corrected chi connectivity index (χ0v) is 10.7. The van der Waals surface area contributed by atoms with E-state index >= 15 is 0 Å². The molecule has 5 nitrogen and oxygen atoms in total. The summed E-state index contributed by atoms with van der Waals surface area (Å²) in [7, 11) is -3.21. The first-order valence-corrected chi connectivity index (χ1v) is 7.02. The molecular weight excluding hydrogens is 235 g/mol. The highest BCUT2D eigenvalue weighted by molar-refractivity contribution is 7.69. The third kappa shape index (κ3) is 2.78. The molecule has 0 aliphatic carbocycles. The van der Waals surface area contributed by atoms with Crippen LogP contribution in [0.25, 0.3) is 0 Å². The first kappa shape index (κ1) is 12.6. The minimum atomic E-state index is -3.21. The number of hydrogen-bond donors (Lipinski definition) is 1. The maximum absolute atomic E-state index is 12.3. The molecule has 0 bridgehead atoms. The number of thiazole rings is 1. The van der Waals surface area contributed by atoms with E-state index in [1.54, 1.807) is 20.8 Å². The van der Waals surface area contributed by atoms with E-state index in [0.717, 1.165) is 11.3 Å². The van der Waals surface area contributed by atoms with Crippen LogP contribution in [-0.4, -0.2) is 18.2 Å². The number of rotatable bonds is 5. The van der Waals surface area contributed by atoms with Crippen LogP contribution in [0.2, 0.25) is 0 Å². The van der Waals surface area contributed by atoms with E-state index in [1.165, 1.54) is 0 Å². The number of aryl methyl sites for hydroxylation is 1. The lowest BCUT2D eigenvalue weighted by Crippen LogP contribution is -2.09. The van der Waals surface area contributed by atoms with E-state index in [4.69, 9.17) is 14.8 Å². The van der Waals surface area contributed by atoms with Gasteiger partial charge < -0.3 is 14.8 Å². The minimum absolute atomic E-state index is 0.328. The Labute approximate surface area is 93.1 Å². The summed E-state index contributed by atoms with van der Waals surface area (Å²) < 4.78 is 23.2. The van der Waals surface area contributed by atoms with Crippen molar-refractivity contribution in [2.24, 2.45) is 0 Å². The molecule has 86 valence electrons. The largest absolute Gasteiger partial charge is 0.375 e. The SMILES string of the molecule is CCOP(=O)(OCC)c1sc(N)nc1C. The molecule has 7 heteroatoms. The van der Waals surface area contributed by atoms with Gasteiger partial charge >= 0.3 is 7.60 Å². The van der Waals surface area contributed by atoms with Crippen molar-refractivity contribution in [3.8, 4) is 0 Å². The Bertz CT molecular complexity index is 370. The molecule has 1 heterocycles. The number of nitrogens with two attached hydrogens (primary N) is 1. The molecule has 1 aromatic heterocycles. The van der Waals surface area contributed by atoms with Crippen LogP contribution in [0.15, 0.2) is 0 Å². The smallest absolute Gasteiger partial charge is 0.373 e. The molecule has 0 unspecified atom stereocenters. The van der Waals surface area contributed by atoms with E-state index in [1.807, 2.05) is 0 Å². The van der Waals surface area contributed by atoms with E-state index in [0.29, 0.717) is 28.7 Å². The van der Waals surface area contributed by atoms with Gasteiger partial charge in [0.25, 0.3) is 0 Å². The van der Waals surface area contributed by atoms with Gasteiger partial charge in [0.1, 0.15) is 4.62 Å². The number of nitrogens with zero attached hydrogens (tertiary/aromatic N) is 1. The topological polar surface area (TPSA) is 74.4 Å². The Morgan fingerprint density at radius 3 is 2.27 bits per heavy atom. The third-order valence-electron chi connectivity index (χ3n) is 1.64. The summed E-state index contributed by atoms with van der Waals surface area (Å²) in [6, 6.07) is 0. The maximum atomic E-state index is 12.3. The number of hydrogen-bond acceptors (Lipinski definition) is 6. The number of anilines is 1. The Hall–Kier alpha value is -0.420. The van der Waals surface area contributed by atoms with Crippen LogP contribution in [-0.2, 0) is 13.6 Å². The molecule has 1 aromatic rings. The van der Waals surface area contributed by atoms with Crippen molar-refractivity contribution in [2.75, 3.05) is 18.9 Å². The Balaban J connectivity index is 3.08. The summed E-state index contributed by atoms with van der Waals surface area (Å²) >= 11 is 1.15. The van der Waals surface area contributed by atoms with Gasteiger partial charge in [0.2, 0.25) is 0 Å². The molecule has 0 saturated heterocycles. The molecule has 0 aliphatic rings. The third-order valence-corrected chi connectivity index (χ3v) is 5.39. The van der Waals surface area contributed by atoms with Crippen molar-refractivity contribution in [3.05, 3.63) is 5.69 Å². The molecular formula is C8H15N2O3PS. The fourth-order valence-electron chi connectivity index (χ4n) is 1.16. The number of nitrogen functional groups attached to an aromatic ring is 1. The molecule has 0 fully saturated rings. The molecule has 0 amide bonds. The summed E-state index contributed by atoms with van der Waals surface area (Å²) in [5.41, 5.74) is 6.16. The summed E-state index contributed by atoms with van der Waals surface area (Å²) in [6.45, 7) is 5.94. The fourth-order valence-corrected chi connectivity index (χ4v) is 4.21. The van der Waals surface area contributed by atoms with Gasteiger partial charge in [-0.15, -0.1) is 0 Å². The molecule has 0 atom stereocenters. The van der Waals surface area contributed by atoms with Crippen molar-refractivity contribution in [1.82, 2.24) is 4.98 Å². The van der Waals surface area contributed by atoms with Crippen molar-refractivity contribution in [2.45, 2.75) is 20.8 Å². The first-order chi connectivity index (χ1) is 7.03. The Morgan fingerprint density at radius 2 is 1.93 bits per heavy atom. The predicted octanol–water partition coefficient (Wildman–Crippen LogP) is 1.93. The molecule has 0 aromatic carbocycles. The van der Waals surface area contributed by atoms with Gasteiger partial charge in [-0.25, -0.2) is 4.98 Å². The maximum Gasteiger partial charge on any atom is 0.373 e. The van der Waals surface area contributed by atoms with Gasteiger partial charge in [0.15, 0.2) is 5.13 Å². The molecule has 2 N–H and O–H groups in total. The molecule has 1 rings (SSSR count). The van der Waals surface area contributed by atoms with Crippen molar-refractivity contribution >= 4 is 28.7 Å². The molecule has 0 radical (unpaired) electrons. The average molecular weight is 250 g/mol. The van der Waals surface area contributed by atoms with Crippen LogP contribution < -0.4 is 10.4 Å². The van der Waals surface area contributed by atoms with Crippen molar-refractivity contribution in [3.63, 3.8) is 0 Å². The zero-order chi connectivity index (χ0) is 11.5.